The van der Waals surface area contributed by atoms with Crippen molar-refractivity contribution in [1.29, 1.82) is 0 Å². The molecule has 4 heterocycles. The average Bonchev–Trinajstić information content (AvgIpc) is 3.50. The van der Waals surface area contributed by atoms with Gasteiger partial charge in [-0.25, -0.2) is 4.79 Å². The molecule has 0 spiro atoms. The molecule has 7 unspecified atom stereocenters. The van der Waals surface area contributed by atoms with Gasteiger partial charge in [-0.15, -0.1) is 0 Å². The molecule has 0 radical (unpaired) electrons. The van der Waals surface area contributed by atoms with Crippen LogP contribution in [-0.2, 0) is 33.3 Å². The Labute approximate surface area is 278 Å². The first-order valence-electron chi connectivity index (χ1n) is 13.3. The summed E-state index contributed by atoms with van der Waals surface area (Å²) in [6.07, 6.45) is -3.54. The summed E-state index contributed by atoms with van der Waals surface area (Å²) in [5.41, 5.74) is -0.631. The van der Waals surface area contributed by atoms with Gasteiger partial charge in [0.15, 0.2) is 12.2 Å². The number of aliphatic hydroxyl groups is 1. The van der Waals surface area contributed by atoms with E-state index in [2.05, 4.69) is 67.8 Å². The van der Waals surface area contributed by atoms with Crippen LogP contribution in [0.3, 0.4) is 0 Å². The quantitative estimate of drug-likeness (QED) is 0.172. The van der Waals surface area contributed by atoms with E-state index in [0.717, 1.165) is 10.7 Å². The van der Waals surface area contributed by atoms with Gasteiger partial charge in [0.05, 0.1) is 18.3 Å². The van der Waals surface area contributed by atoms with Crippen molar-refractivity contribution < 1.29 is 48.4 Å². The van der Waals surface area contributed by atoms with Crippen LogP contribution in [0.4, 0.5) is 0 Å². The lowest BCUT2D eigenvalue weighted by molar-refractivity contribution is -0.262. The van der Waals surface area contributed by atoms with E-state index in [1.54, 1.807) is 6.07 Å². The Kier molecular flexibility index (Phi) is 9.26. The van der Waals surface area contributed by atoms with Crippen LogP contribution in [0, 0.1) is 22.5 Å². The Morgan fingerprint density at radius 3 is 2.39 bits per heavy atom. The first kappa shape index (κ1) is 32.0. The van der Waals surface area contributed by atoms with Crippen LogP contribution in [0.2, 0.25) is 0 Å². The maximum absolute atomic E-state index is 13.2. The van der Waals surface area contributed by atoms with Crippen LogP contribution in [-0.4, -0.2) is 94.2 Å². The van der Waals surface area contributed by atoms with Crippen LogP contribution in [0.25, 0.3) is 0 Å². The van der Waals surface area contributed by atoms with E-state index >= 15 is 0 Å². The third kappa shape index (κ3) is 6.13. The third-order valence-corrected chi connectivity index (χ3v) is 11.8. The molecule has 0 aromatic heterocycles. The number of ether oxygens (including phenoxy) is 5. The molecule has 11 nitrogen and oxygen atoms in total. The number of rotatable bonds is 8. The van der Waals surface area contributed by atoms with Gasteiger partial charge in [-0.3, -0.25) is 9.59 Å². The molecule has 2 N–H and O–H groups in total. The molecule has 7 atom stereocenters. The SMILES string of the molecule is CC1(C)CC(OCC(O)COC(=O)C2C3OC4C(OC(=O)C42)C3OC(=O)c2cc(I)cc(I)c2I)CC(C)(C)N1O. The van der Waals surface area contributed by atoms with Gasteiger partial charge in [0.2, 0.25) is 0 Å². The number of fused-ring (bicyclic) bond motifs is 1. The van der Waals surface area contributed by atoms with E-state index in [1.165, 1.54) is 5.06 Å². The number of carbonyl (C=O) groups is 3. The van der Waals surface area contributed by atoms with Crippen LogP contribution < -0.4 is 0 Å². The molecular weight excluding hydrogens is 879 g/mol. The molecule has 4 saturated heterocycles. The first-order chi connectivity index (χ1) is 19.1. The maximum Gasteiger partial charge on any atom is 0.339 e. The number of hydrogen-bond acceptors (Lipinski definition) is 11. The maximum atomic E-state index is 13.2. The Morgan fingerprint density at radius 1 is 1.07 bits per heavy atom. The summed E-state index contributed by atoms with van der Waals surface area (Å²) in [5, 5.41) is 22.3. The van der Waals surface area contributed by atoms with Crippen LogP contribution in [0.5, 0.6) is 0 Å². The fourth-order valence-corrected chi connectivity index (χ4v) is 8.87. The summed E-state index contributed by atoms with van der Waals surface area (Å²) in [5.74, 6) is -3.79. The summed E-state index contributed by atoms with van der Waals surface area (Å²) in [7, 11) is 0. The molecular formula is C27H32I3NO10. The zero-order chi connectivity index (χ0) is 30.0. The number of halogens is 3. The normalized spacial score (nSPS) is 32.6. The molecule has 1 aromatic rings. The number of nitrogens with zero attached hydrogens (tertiary/aromatic N) is 1. The van der Waals surface area contributed by atoms with Gasteiger partial charge in [-0.2, -0.15) is 5.06 Å². The van der Waals surface area contributed by atoms with E-state index < -0.39 is 71.3 Å². The van der Waals surface area contributed by atoms with Gasteiger partial charge in [-0.05, 0) is 120 Å². The average molecular weight is 911 g/mol. The van der Waals surface area contributed by atoms with E-state index in [4.69, 9.17) is 23.7 Å². The summed E-state index contributed by atoms with van der Waals surface area (Å²) in [4.78, 5) is 39.0. The van der Waals surface area contributed by atoms with Gasteiger partial charge >= 0.3 is 17.9 Å². The van der Waals surface area contributed by atoms with Crippen molar-refractivity contribution in [2.75, 3.05) is 13.2 Å². The molecule has 4 aliphatic heterocycles. The minimum atomic E-state index is -1.10. The van der Waals surface area contributed by atoms with Crippen molar-refractivity contribution in [3.63, 3.8) is 0 Å². The van der Waals surface area contributed by atoms with Crippen molar-refractivity contribution in [2.24, 2.45) is 11.8 Å². The summed E-state index contributed by atoms with van der Waals surface area (Å²) in [6.45, 7) is 7.28. The van der Waals surface area contributed by atoms with Gasteiger partial charge in [0.25, 0.3) is 0 Å². The molecule has 4 aliphatic rings. The van der Waals surface area contributed by atoms with Crippen LogP contribution in [0.15, 0.2) is 12.1 Å². The second-order valence-corrected chi connectivity index (χ2v) is 15.7. The molecule has 5 rings (SSSR count). The second kappa shape index (κ2) is 11.8. The zero-order valence-corrected chi connectivity index (χ0v) is 29.3. The summed E-state index contributed by atoms with van der Waals surface area (Å²) >= 11 is 6.35. The van der Waals surface area contributed by atoms with Crippen LogP contribution >= 0.6 is 67.8 Å². The highest BCUT2D eigenvalue weighted by Gasteiger charge is 2.72. The first-order valence-corrected chi connectivity index (χ1v) is 16.5. The summed E-state index contributed by atoms with van der Waals surface area (Å²) in [6, 6.07) is 3.66. The standard InChI is InChI=1S/C27H32I3NO10/c1-26(2)7-13(8-27(3,4)31(26)36)37-9-12(32)10-38-24(34)16-17-20-22(41-25(17)35)21(19(16)39-20)40-23(33)14-5-11(28)6-15(29)18(14)30/h5-6,12-13,16-17,19-22,32,36H,7-10H2,1-4H3. The number of benzene rings is 1. The van der Waals surface area contributed by atoms with Crippen molar-refractivity contribution in [3.05, 3.63) is 28.4 Å². The molecule has 0 amide bonds. The molecule has 2 bridgehead atoms. The lowest BCUT2D eigenvalue weighted by Crippen LogP contribution is -2.60. The minimum Gasteiger partial charge on any atom is -0.463 e. The van der Waals surface area contributed by atoms with Crippen LogP contribution in [0.1, 0.15) is 50.9 Å². The number of hydrogen-bond donors (Lipinski definition) is 2. The smallest absolute Gasteiger partial charge is 0.339 e. The fourth-order valence-electron chi connectivity index (χ4n) is 6.50. The Balaban J connectivity index is 1.19. The number of hydroxylamine groups is 2. The largest absolute Gasteiger partial charge is 0.463 e. The van der Waals surface area contributed by atoms with Crippen molar-refractivity contribution >= 4 is 85.7 Å². The van der Waals surface area contributed by atoms with E-state index in [0.29, 0.717) is 18.4 Å². The monoisotopic (exact) mass is 911 g/mol. The van der Waals surface area contributed by atoms with E-state index in [1.807, 2.05) is 33.8 Å². The van der Waals surface area contributed by atoms with E-state index in [-0.39, 0.29) is 19.3 Å². The minimum absolute atomic E-state index is 0.0656. The number of piperidine rings is 1. The number of aliphatic hydroxyl groups excluding tert-OH is 1. The predicted molar refractivity (Wildman–Crippen MR) is 167 cm³/mol. The second-order valence-electron chi connectivity index (χ2n) is 12.2. The van der Waals surface area contributed by atoms with Crippen molar-refractivity contribution in [2.45, 2.75) is 88.2 Å². The van der Waals surface area contributed by atoms with Gasteiger partial charge < -0.3 is 34.0 Å². The molecule has 0 aliphatic carbocycles. The topological polar surface area (TPSA) is 141 Å². The highest BCUT2D eigenvalue weighted by molar-refractivity contribution is 14.1. The zero-order valence-electron chi connectivity index (χ0n) is 22.8. The number of esters is 3. The Hall–Kier alpha value is -0.380. The lowest BCUT2D eigenvalue weighted by atomic mass is 9.78. The summed E-state index contributed by atoms with van der Waals surface area (Å²) < 4.78 is 31.1. The molecule has 0 saturated carbocycles. The highest BCUT2D eigenvalue weighted by atomic mass is 127. The molecule has 4 fully saturated rings. The van der Waals surface area contributed by atoms with Gasteiger partial charge in [0.1, 0.15) is 36.8 Å². The molecule has 1 aromatic carbocycles. The Bertz CT molecular complexity index is 1220. The molecule has 14 heteroatoms. The third-order valence-electron chi connectivity index (χ3n) is 8.18. The number of carbonyl (C=O) groups excluding carboxylic acids is 3. The molecule has 226 valence electrons. The van der Waals surface area contributed by atoms with Crippen molar-refractivity contribution in [1.82, 2.24) is 5.06 Å². The highest BCUT2D eigenvalue weighted by Crippen LogP contribution is 2.51. The van der Waals surface area contributed by atoms with Crippen molar-refractivity contribution in [3.8, 4) is 0 Å². The van der Waals surface area contributed by atoms with Gasteiger partial charge in [-0.1, -0.05) is 0 Å². The predicted octanol–water partition coefficient (Wildman–Crippen LogP) is 3.30. The fraction of sp³-hybridized carbons (Fsp3) is 0.667. The van der Waals surface area contributed by atoms with Gasteiger partial charge in [0, 0.05) is 21.8 Å². The molecule has 41 heavy (non-hydrogen) atoms. The lowest BCUT2D eigenvalue weighted by Gasteiger charge is -2.51. The Morgan fingerprint density at radius 2 is 1.73 bits per heavy atom. The van der Waals surface area contributed by atoms with E-state index in [9.17, 15) is 24.7 Å².